The van der Waals surface area contributed by atoms with Crippen molar-refractivity contribution < 1.29 is 14.3 Å². The summed E-state index contributed by atoms with van der Waals surface area (Å²) in [4.78, 5) is 30.4. The van der Waals surface area contributed by atoms with E-state index in [0.29, 0.717) is 17.9 Å². The number of fused-ring (bicyclic) bond motifs is 1. The highest BCUT2D eigenvalue weighted by atomic mass is 16.5. The summed E-state index contributed by atoms with van der Waals surface area (Å²) in [6.07, 6.45) is 3.18. The second kappa shape index (κ2) is 8.53. The summed E-state index contributed by atoms with van der Waals surface area (Å²) >= 11 is 0. The van der Waals surface area contributed by atoms with E-state index in [9.17, 15) is 9.59 Å². The number of nitrogens with zero attached hydrogens (tertiary/aromatic N) is 2. The molecule has 1 aliphatic rings. The van der Waals surface area contributed by atoms with Gasteiger partial charge >= 0.3 is 6.09 Å². The number of carbonyl (C=O) groups is 2. The van der Waals surface area contributed by atoms with Crippen LogP contribution in [0.2, 0.25) is 0 Å². The number of ether oxygens (including phenoxy) is 1. The first-order chi connectivity index (χ1) is 13.1. The molecular formula is C20H24N4O3. The number of alkyl carbamates (subject to hydrolysis) is 1. The second-order valence-electron chi connectivity index (χ2n) is 6.43. The number of rotatable bonds is 5. The Morgan fingerprint density at radius 1 is 1.26 bits per heavy atom. The van der Waals surface area contributed by atoms with Gasteiger partial charge in [0.25, 0.3) is 5.91 Å². The molecule has 0 spiro atoms. The molecule has 2 amide bonds. The van der Waals surface area contributed by atoms with Crippen LogP contribution in [0.4, 0.5) is 16.2 Å². The van der Waals surface area contributed by atoms with E-state index in [1.54, 1.807) is 25.3 Å². The monoisotopic (exact) mass is 368 g/mol. The van der Waals surface area contributed by atoms with E-state index in [1.165, 1.54) is 11.3 Å². The molecule has 0 saturated carbocycles. The van der Waals surface area contributed by atoms with Gasteiger partial charge in [0.15, 0.2) is 0 Å². The molecule has 0 bridgehead atoms. The van der Waals surface area contributed by atoms with Crippen LogP contribution in [0, 0.1) is 0 Å². The van der Waals surface area contributed by atoms with Gasteiger partial charge in [0, 0.05) is 36.7 Å². The van der Waals surface area contributed by atoms with Crippen molar-refractivity contribution in [2.75, 3.05) is 30.4 Å². The molecular weight excluding hydrogens is 344 g/mol. The number of hydrogen-bond acceptors (Lipinski definition) is 5. The quantitative estimate of drug-likeness (QED) is 0.848. The number of amides is 2. The number of benzene rings is 1. The maximum absolute atomic E-state index is 12.6. The Balaban J connectivity index is 1.66. The van der Waals surface area contributed by atoms with Crippen molar-refractivity contribution >= 4 is 23.4 Å². The van der Waals surface area contributed by atoms with Crippen LogP contribution in [0.25, 0.3) is 0 Å². The Bertz CT molecular complexity index is 838. The Morgan fingerprint density at radius 2 is 2.11 bits per heavy atom. The summed E-state index contributed by atoms with van der Waals surface area (Å²) in [5, 5.41) is 5.53. The third-order valence-electron chi connectivity index (χ3n) is 4.46. The minimum Gasteiger partial charge on any atom is -0.450 e. The summed E-state index contributed by atoms with van der Waals surface area (Å²) in [6.45, 7) is 3.29. The highest BCUT2D eigenvalue weighted by Crippen LogP contribution is 2.28. The zero-order valence-corrected chi connectivity index (χ0v) is 15.6. The SMILES string of the molecule is CCOC(=O)NCc1cc(C(=O)Nc2ccc3c(c2)CCCN3C)ccn1. The second-order valence-corrected chi connectivity index (χ2v) is 6.43. The van der Waals surface area contributed by atoms with Crippen LogP contribution in [-0.4, -0.2) is 37.2 Å². The molecule has 7 nitrogen and oxygen atoms in total. The van der Waals surface area contributed by atoms with E-state index in [0.717, 1.165) is 25.1 Å². The minimum absolute atomic E-state index is 0.200. The van der Waals surface area contributed by atoms with E-state index in [1.807, 2.05) is 18.2 Å². The van der Waals surface area contributed by atoms with Crippen molar-refractivity contribution in [1.29, 1.82) is 0 Å². The van der Waals surface area contributed by atoms with Crippen LogP contribution in [0.1, 0.15) is 35.0 Å². The topological polar surface area (TPSA) is 83.6 Å². The summed E-state index contributed by atoms with van der Waals surface area (Å²) in [6, 6.07) is 9.31. The average Bonchev–Trinajstić information content (AvgIpc) is 2.67. The molecule has 0 atom stereocenters. The van der Waals surface area contributed by atoms with Crippen molar-refractivity contribution in [3.05, 3.63) is 53.3 Å². The van der Waals surface area contributed by atoms with Gasteiger partial charge in [-0.05, 0) is 55.7 Å². The minimum atomic E-state index is -0.506. The first-order valence-corrected chi connectivity index (χ1v) is 9.08. The number of aromatic nitrogens is 1. The number of aryl methyl sites for hydroxylation is 1. The number of nitrogens with one attached hydrogen (secondary N) is 2. The molecule has 2 heterocycles. The Morgan fingerprint density at radius 3 is 2.93 bits per heavy atom. The fraction of sp³-hybridized carbons (Fsp3) is 0.350. The molecule has 1 aliphatic heterocycles. The summed E-state index contributed by atoms with van der Waals surface area (Å²) in [7, 11) is 2.08. The lowest BCUT2D eigenvalue weighted by Gasteiger charge is -2.27. The van der Waals surface area contributed by atoms with E-state index in [4.69, 9.17) is 4.74 Å². The predicted octanol–water partition coefficient (Wildman–Crippen LogP) is 2.96. The summed E-state index contributed by atoms with van der Waals surface area (Å²) in [5.74, 6) is -0.209. The molecule has 7 heteroatoms. The molecule has 0 saturated heterocycles. The van der Waals surface area contributed by atoms with E-state index in [2.05, 4.69) is 27.6 Å². The standard InChI is InChI=1S/C20H24N4O3/c1-3-27-20(26)22-13-17-12-15(8-9-21-17)19(25)23-16-6-7-18-14(11-16)5-4-10-24(18)2/h6-9,11-12H,3-5,10,13H2,1-2H3,(H,22,26)(H,23,25). The van der Waals surface area contributed by atoms with Crippen LogP contribution in [0.15, 0.2) is 36.5 Å². The van der Waals surface area contributed by atoms with Crippen molar-refractivity contribution in [2.24, 2.45) is 0 Å². The van der Waals surface area contributed by atoms with E-state index < -0.39 is 6.09 Å². The molecule has 0 fully saturated rings. The average molecular weight is 368 g/mol. The van der Waals surface area contributed by atoms with Gasteiger partial charge in [0.1, 0.15) is 0 Å². The van der Waals surface area contributed by atoms with Crippen LogP contribution in [-0.2, 0) is 17.7 Å². The van der Waals surface area contributed by atoms with Gasteiger partial charge < -0.3 is 20.3 Å². The van der Waals surface area contributed by atoms with E-state index in [-0.39, 0.29) is 12.5 Å². The number of pyridine rings is 1. The van der Waals surface area contributed by atoms with E-state index >= 15 is 0 Å². The highest BCUT2D eigenvalue weighted by molar-refractivity contribution is 6.04. The van der Waals surface area contributed by atoms with Crippen molar-refractivity contribution in [3.63, 3.8) is 0 Å². The lowest BCUT2D eigenvalue weighted by molar-refractivity contribution is 0.102. The number of carbonyl (C=O) groups excluding carboxylic acids is 2. The fourth-order valence-corrected chi connectivity index (χ4v) is 3.13. The zero-order chi connectivity index (χ0) is 19.2. The lowest BCUT2D eigenvalue weighted by Crippen LogP contribution is -2.25. The molecule has 0 aliphatic carbocycles. The molecule has 0 unspecified atom stereocenters. The van der Waals surface area contributed by atoms with Crippen LogP contribution < -0.4 is 15.5 Å². The molecule has 0 radical (unpaired) electrons. The molecule has 1 aromatic heterocycles. The Kier molecular flexibility index (Phi) is 5.90. The predicted molar refractivity (Wildman–Crippen MR) is 104 cm³/mol. The summed E-state index contributed by atoms with van der Waals surface area (Å²) in [5.41, 5.74) is 4.31. The van der Waals surface area contributed by atoms with Gasteiger partial charge in [-0.15, -0.1) is 0 Å². The maximum Gasteiger partial charge on any atom is 0.407 e. The van der Waals surface area contributed by atoms with Crippen molar-refractivity contribution in [3.8, 4) is 0 Å². The van der Waals surface area contributed by atoms with Crippen LogP contribution >= 0.6 is 0 Å². The normalized spacial score (nSPS) is 12.9. The smallest absolute Gasteiger partial charge is 0.407 e. The zero-order valence-electron chi connectivity index (χ0n) is 15.6. The summed E-state index contributed by atoms with van der Waals surface area (Å²) < 4.78 is 4.81. The molecule has 1 aromatic carbocycles. The third-order valence-corrected chi connectivity index (χ3v) is 4.46. The van der Waals surface area contributed by atoms with Gasteiger partial charge in [0.2, 0.25) is 0 Å². The molecule has 142 valence electrons. The largest absolute Gasteiger partial charge is 0.450 e. The molecule has 3 rings (SSSR count). The Labute approximate surface area is 158 Å². The highest BCUT2D eigenvalue weighted by Gasteiger charge is 2.15. The first-order valence-electron chi connectivity index (χ1n) is 9.08. The van der Waals surface area contributed by atoms with Gasteiger partial charge in [-0.1, -0.05) is 0 Å². The third kappa shape index (κ3) is 4.75. The molecule has 27 heavy (non-hydrogen) atoms. The molecule has 2 N–H and O–H groups in total. The van der Waals surface area contributed by atoms with Crippen molar-refractivity contribution in [1.82, 2.24) is 10.3 Å². The van der Waals surface area contributed by atoms with Crippen LogP contribution in [0.5, 0.6) is 0 Å². The van der Waals surface area contributed by atoms with Crippen LogP contribution in [0.3, 0.4) is 0 Å². The number of anilines is 2. The van der Waals surface area contributed by atoms with Gasteiger partial charge in [0.05, 0.1) is 18.8 Å². The van der Waals surface area contributed by atoms with Gasteiger partial charge in [-0.3, -0.25) is 9.78 Å². The lowest BCUT2D eigenvalue weighted by atomic mass is 10.0. The fourth-order valence-electron chi connectivity index (χ4n) is 3.13. The molecule has 2 aromatic rings. The maximum atomic E-state index is 12.6. The van der Waals surface area contributed by atoms with Crippen molar-refractivity contribution in [2.45, 2.75) is 26.3 Å². The first kappa shape index (κ1) is 18.7. The number of hydrogen-bond donors (Lipinski definition) is 2. The van der Waals surface area contributed by atoms with Gasteiger partial charge in [-0.25, -0.2) is 4.79 Å². The Hall–Kier alpha value is -3.09. The van der Waals surface area contributed by atoms with Gasteiger partial charge in [-0.2, -0.15) is 0 Å².